The van der Waals surface area contributed by atoms with Crippen molar-refractivity contribution in [3.8, 4) is 28.5 Å². The van der Waals surface area contributed by atoms with E-state index < -0.39 is 0 Å². The van der Waals surface area contributed by atoms with Crippen LogP contribution in [0.25, 0.3) is 11.3 Å². The third-order valence-electron chi connectivity index (χ3n) is 5.59. The Balaban J connectivity index is 1.73. The summed E-state index contributed by atoms with van der Waals surface area (Å²) in [6.45, 7) is 2.87. The van der Waals surface area contributed by atoms with Crippen LogP contribution in [0.3, 0.4) is 0 Å². The zero-order valence-corrected chi connectivity index (χ0v) is 20.2. The van der Waals surface area contributed by atoms with Crippen LogP contribution in [-0.2, 0) is 13.0 Å². The third-order valence-corrected chi connectivity index (χ3v) is 6.45. The van der Waals surface area contributed by atoms with Gasteiger partial charge in [-0.15, -0.1) is 11.3 Å². The van der Waals surface area contributed by atoms with Gasteiger partial charge in [-0.1, -0.05) is 24.3 Å². The van der Waals surface area contributed by atoms with Crippen molar-refractivity contribution in [1.82, 2.24) is 4.57 Å². The summed E-state index contributed by atoms with van der Waals surface area (Å²) >= 11 is 1.65. The number of rotatable bonds is 8. The molecule has 0 radical (unpaired) electrons. The first kappa shape index (κ1) is 22.7. The molecule has 33 heavy (non-hydrogen) atoms. The fraction of sp³-hybridized carbons (Fsp3) is 0.222. The number of hydrogen-bond acceptors (Lipinski definition) is 5. The van der Waals surface area contributed by atoms with E-state index >= 15 is 0 Å². The summed E-state index contributed by atoms with van der Waals surface area (Å²) in [6, 6.07) is 22.4. The number of ether oxygens (including phenoxy) is 3. The Morgan fingerprint density at radius 1 is 0.848 bits per heavy atom. The van der Waals surface area contributed by atoms with E-state index in [0.29, 0.717) is 0 Å². The minimum absolute atomic E-state index is 0.735. The Morgan fingerprint density at radius 2 is 1.61 bits per heavy atom. The molecular weight excluding hydrogens is 432 g/mol. The van der Waals surface area contributed by atoms with E-state index in [4.69, 9.17) is 19.2 Å². The van der Waals surface area contributed by atoms with Gasteiger partial charge in [0, 0.05) is 11.9 Å². The van der Waals surface area contributed by atoms with Crippen LogP contribution in [0.4, 0.5) is 5.69 Å². The second-order valence-corrected chi connectivity index (χ2v) is 8.46. The summed E-state index contributed by atoms with van der Waals surface area (Å²) in [5.74, 6) is 2.32. The van der Waals surface area contributed by atoms with Gasteiger partial charge in [0.05, 0.1) is 32.7 Å². The minimum Gasteiger partial charge on any atom is -0.497 e. The maximum atomic E-state index is 5.48. The molecule has 0 aliphatic heterocycles. The number of benzene rings is 3. The lowest BCUT2D eigenvalue weighted by Gasteiger charge is -2.12. The zero-order valence-electron chi connectivity index (χ0n) is 19.4. The molecular formula is C27H28N2O3S. The monoisotopic (exact) mass is 460 g/mol. The highest BCUT2D eigenvalue weighted by molar-refractivity contribution is 7.07. The Bertz CT molecular complexity index is 1290. The van der Waals surface area contributed by atoms with Crippen LogP contribution in [0.5, 0.6) is 17.2 Å². The van der Waals surface area contributed by atoms with Crippen molar-refractivity contribution in [1.29, 1.82) is 0 Å². The van der Waals surface area contributed by atoms with Crippen molar-refractivity contribution in [2.24, 2.45) is 4.99 Å². The highest BCUT2D eigenvalue weighted by Gasteiger charge is 2.11. The molecule has 4 rings (SSSR count). The molecule has 0 bridgehead atoms. The molecule has 0 atom stereocenters. The molecule has 0 aliphatic carbocycles. The molecule has 0 fully saturated rings. The average molecular weight is 461 g/mol. The van der Waals surface area contributed by atoms with Gasteiger partial charge in [-0.2, -0.15) is 0 Å². The lowest BCUT2D eigenvalue weighted by molar-refractivity contribution is 0.354. The van der Waals surface area contributed by atoms with Gasteiger partial charge in [0.2, 0.25) is 0 Å². The molecule has 0 saturated heterocycles. The van der Waals surface area contributed by atoms with Crippen LogP contribution >= 0.6 is 11.3 Å². The number of methoxy groups -OCH3 is 3. The van der Waals surface area contributed by atoms with Crippen LogP contribution in [0, 0.1) is 6.92 Å². The van der Waals surface area contributed by atoms with Crippen molar-refractivity contribution in [3.63, 3.8) is 0 Å². The summed E-state index contributed by atoms with van der Waals surface area (Å²) in [4.78, 5) is 5.97. The Kier molecular flexibility index (Phi) is 7.15. The van der Waals surface area contributed by atoms with Crippen LogP contribution in [-0.4, -0.2) is 25.9 Å². The molecule has 0 aliphatic rings. The van der Waals surface area contributed by atoms with Crippen LogP contribution in [0.1, 0.15) is 11.1 Å². The second-order valence-electron chi connectivity index (χ2n) is 7.62. The van der Waals surface area contributed by atoms with Crippen molar-refractivity contribution in [2.45, 2.75) is 19.9 Å². The molecule has 3 aromatic carbocycles. The topological polar surface area (TPSA) is 45.0 Å². The fourth-order valence-electron chi connectivity index (χ4n) is 3.70. The highest BCUT2D eigenvalue weighted by Crippen LogP contribution is 2.29. The smallest absolute Gasteiger partial charge is 0.190 e. The quantitative estimate of drug-likeness (QED) is 0.323. The van der Waals surface area contributed by atoms with Gasteiger partial charge in [-0.05, 0) is 72.5 Å². The maximum Gasteiger partial charge on any atom is 0.190 e. The molecule has 0 spiro atoms. The van der Waals surface area contributed by atoms with Crippen molar-refractivity contribution >= 4 is 17.0 Å². The van der Waals surface area contributed by atoms with E-state index in [2.05, 4.69) is 47.2 Å². The molecule has 5 nitrogen and oxygen atoms in total. The van der Waals surface area contributed by atoms with E-state index in [-0.39, 0.29) is 0 Å². The SMILES string of the molecule is COc1ccc(-c2csc(=Nc3ccccc3C)n2CCc2ccc(OC)c(OC)c2)cc1. The Labute approximate surface area is 198 Å². The predicted molar refractivity (Wildman–Crippen MR) is 134 cm³/mol. The lowest BCUT2D eigenvalue weighted by Crippen LogP contribution is -2.17. The molecule has 4 aromatic rings. The second kappa shape index (κ2) is 10.4. The van der Waals surface area contributed by atoms with E-state index in [1.807, 2.05) is 36.4 Å². The zero-order chi connectivity index (χ0) is 23.2. The minimum atomic E-state index is 0.735. The van der Waals surface area contributed by atoms with Gasteiger partial charge in [0.25, 0.3) is 0 Å². The molecule has 0 saturated carbocycles. The number of para-hydroxylation sites is 1. The Morgan fingerprint density at radius 3 is 2.30 bits per heavy atom. The van der Waals surface area contributed by atoms with Crippen LogP contribution < -0.4 is 19.0 Å². The molecule has 6 heteroatoms. The van der Waals surface area contributed by atoms with E-state index in [9.17, 15) is 0 Å². The average Bonchev–Trinajstić information content (AvgIpc) is 3.26. The normalized spacial score (nSPS) is 11.5. The molecule has 1 aromatic heterocycles. The fourth-order valence-corrected chi connectivity index (χ4v) is 4.64. The summed E-state index contributed by atoms with van der Waals surface area (Å²) in [5.41, 5.74) is 5.58. The number of aryl methyl sites for hydroxylation is 2. The third kappa shape index (κ3) is 5.12. The van der Waals surface area contributed by atoms with E-state index in [1.54, 1.807) is 32.7 Å². The first-order valence-corrected chi connectivity index (χ1v) is 11.6. The van der Waals surface area contributed by atoms with Gasteiger partial charge in [0.1, 0.15) is 5.75 Å². The van der Waals surface area contributed by atoms with Gasteiger partial charge in [0.15, 0.2) is 16.3 Å². The number of aromatic nitrogens is 1. The van der Waals surface area contributed by atoms with Crippen molar-refractivity contribution < 1.29 is 14.2 Å². The largest absolute Gasteiger partial charge is 0.497 e. The molecule has 1 heterocycles. The summed E-state index contributed by atoms with van der Waals surface area (Å²) in [5, 5.41) is 2.17. The van der Waals surface area contributed by atoms with E-state index in [1.165, 1.54) is 5.56 Å². The molecule has 0 amide bonds. The summed E-state index contributed by atoms with van der Waals surface area (Å²) < 4.78 is 18.5. The van der Waals surface area contributed by atoms with Gasteiger partial charge in [-0.3, -0.25) is 0 Å². The standard InChI is InChI=1S/C27H28N2O3S/c1-19-7-5-6-8-23(19)28-27-29(16-15-20-9-14-25(31-3)26(17-20)32-4)24(18-33-27)21-10-12-22(30-2)13-11-21/h5-14,17-18H,15-16H2,1-4H3. The number of nitrogens with zero attached hydrogens (tertiary/aromatic N) is 2. The highest BCUT2D eigenvalue weighted by atomic mass is 32.1. The Hall–Kier alpha value is -3.51. The van der Waals surface area contributed by atoms with Gasteiger partial charge < -0.3 is 18.8 Å². The van der Waals surface area contributed by atoms with Gasteiger partial charge >= 0.3 is 0 Å². The van der Waals surface area contributed by atoms with Gasteiger partial charge in [-0.25, -0.2) is 4.99 Å². The summed E-state index contributed by atoms with van der Waals surface area (Å²) in [7, 11) is 5.00. The maximum absolute atomic E-state index is 5.48. The predicted octanol–water partition coefficient (Wildman–Crippen LogP) is 6.03. The number of hydrogen-bond donors (Lipinski definition) is 0. The summed E-state index contributed by atoms with van der Waals surface area (Å²) in [6.07, 6.45) is 0.835. The first-order chi connectivity index (χ1) is 16.1. The van der Waals surface area contributed by atoms with Crippen molar-refractivity contribution in [2.75, 3.05) is 21.3 Å². The number of thiazole rings is 1. The lowest BCUT2D eigenvalue weighted by atomic mass is 10.1. The molecule has 0 unspecified atom stereocenters. The van der Waals surface area contributed by atoms with Crippen LogP contribution in [0.15, 0.2) is 77.1 Å². The molecule has 170 valence electrons. The van der Waals surface area contributed by atoms with Crippen LogP contribution in [0.2, 0.25) is 0 Å². The van der Waals surface area contributed by atoms with E-state index in [0.717, 1.165) is 57.5 Å². The first-order valence-electron chi connectivity index (χ1n) is 10.8. The molecule has 0 N–H and O–H groups in total. The van der Waals surface area contributed by atoms with Crippen molar-refractivity contribution in [3.05, 3.63) is 88.0 Å².